The van der Waals surface area contributed by atoms with Crippen LogP contribution in [-0.4, -0.2) is 15.0 Å². The summed E-state index contributed by atoms with van der Waals surface area (Å²) in [6, 6.07) is 70.0. The van der Waals surface area contributed by atoms with Crippen LogP contribution < -0.4 is 0 Å². The first-order chi connectivity index (χ1) is 28.2. The van der Waals surface area contributed by atoms with Crippen LogP contribution >= 0.6 is 0 Å². The molecule has 0 N–H and O–H groups in total. The van der Waals surface area contributed by atoms with Gasteiger partial charge in [-0.1, -0.05) is 170 Å². The average molecular weight is 728 g/mol. The Morgan fingerprint density at radius 2 is 0.895 bits per heavy atom. The van der Waals surface area contributed by atoms with Crippen LogP contribution in [0.1, 0.15) is 0 Å². The molecule has 57 heavy (non-hydrogen) atoms. The van der Waals surface area contributed by atoms with Crippen molar-refractivity contribution in [3.8, 4) is 67.5 Å². The van der Waals surface area contributed by atoms with Crippen molar-refractivity contribution in [3.63, 3.8) is 0 Å². The lowest BCUT2D eigenvalue weighted by Gasteiger charge is -2.15. The van der Waals surface area contributed by atoms with Crippen LogP contribution in [0.3, 0.4) is 0 Å². The zero-order chi connectivity index (χ0) is 37.7. The molecule has 2 aromatic heterocycles. The van der Waals surface area contributed by atoms with Crippen molar-refractivity contribution in [1.82, 2.24) is 15.0 Å². The fraction of sp³-hybridized carbons (Fsp3) is 0. The van der Waals surface area contributed by atoms with Crippen molar-refractivity contribution in [2.45, 2.75) is 0 Å². The van der Waals surface area contributed by atoms with E-state index in [-0.39, 0.29) is 0 Å². The van der Waals surface area contributed by atoms with E-state index in [1.165, 1.54) is 27.1 Å². The Hall–Kier alpha value is -7.69. The molecule has 4 nitrogen and oxygen atoms in total. The lowest BCUT2D eigenvalue weighted by Crippen LogP contribution is -2.01. The summed E-state index contributed by atoms with van der Waals surface area (Å²) >= 11 is 0. The second-order valence-electron chi connectivity index (χ2n) is 14.4. The smallest absolute Gasteiger partial charge is 0.164 e. The number of aromatic nitrogens is 3. The molecule has 0 atom stereocenters. The van der Waals surface area contributed by atoms with E-state index < -0.39 is 0 Å². The largest absolute Gasteiger partial charge is 0.456 e. The molecule has 9 aromatic carbocycles. The van der Waals surface area contributed by atoms with Gasteiger partial charge in [-0.15, -0.1) is 0 Å². The fourth-order valence-corrected chi connectivity index (χ4v) is 8.14. The lowest BCUT2D eigenvalue weighted by atomic mass is 9.90. The quantitative estimate of drug-likeness (QED) is 0.171. The summed E-state index contributed by atoms with van der Waals surface area (Å²) < 4.78 is 6.48. The van der Waals surface area contributed by atoms with Gasteiger partial charge in [-0.3, -0.25) is 0 Å². The maximum absolute atomic E-state index is 6.48. The van der Waals surface area contributed by atoms with Gasteiger partial charge in [-0.2, -0.15) is 0 Å². The van der Waals surface area contributed by atoms with Crippen molar-refractivity contribution in [2.75, 3.05) is 0 Å². The summed E-state index contributed by atoms with van der Waals surface area (Å²) in [7, 11) is 0. The van der Waals surface area contributed by atoms with Gasteiger partial charge in [-0.25, -0.2) is 15.0 Å². The molecule has 0 aliphatic rings. The lowest BCUT2D eigenvalue weighted by molar-refractivity contribution is 0.669. The normalized spacial score (nSPS) is 11.5. The first-order valence-electron chi connectivity index (χ1n) is 19.2. The van der Waals surface area contributed by atoms with E-state index in [4.69, 9.17) is 19.4 Å². The van der Waals surface area contributed by atoms with Crippen LogP contribution in [0.4, 0.5) is 0 Å². The first-order valence-corrected chi connectivity index (χ1v) is 19.2. The molecule has 4 heteroatoms. The third-order valence-electron chi connectivity index (χ3n) is 10.9. The highest BCUT2D eigenvalue weighted by Gasteiger charge is 2.20. The SMILES string of the molecule is c1ccc(-c2nc(-c3ccc(-c4cccc5ccccc45)c(-c4ccccc4)c3)nc(-c3cccc4oc5ccc(-c6ccc7ccccc7c6)cc5c34)n2)cc1. The summed E-state index contributed by atoms with van der Waals surface area (Å²) in [6.07, 6.45) is 0. The highest BCUT2D eigenvalue weighted by Crippen LogP contribution is 2.41. The second-order valence-corrected chi connectivity index (χ2v) is 14.4. The van der Waals surface area contributed by atoms with E-state index >= 15 is 0 Å². The molecule has 11 aromatic rings. The van der Waals surface area contributed by atoms with Gasteiger partial charge in [0.1, 0.15) is 11.2 Å². The number of nitrogens with zero attached hydrogens (tertiary/aromatic N) is 3. The van der Waals surface area contributed by atoms with Crippen LogP contribution in [0.5, 0.6) is 0 Å². The maximum Gasteiger partial charge on any atom is 0.164 e. The summed E-state index contributed by atoms with van der Waals surface area (Å²) in [5.74, 6) is 1.79. The highest BCUT2D eigenvalue weighted by atomic mass is 16.3. The van der Waals surface area contributed by atoms with Crippen LogP contribution in [0, 0.1) is 0 Å². The minimum atomic E-state index is 0.586. The second kappa shape index (κ2) is 13.6. The van der Waals surface area contributed by atoms with Gasteiger partial charge in [0.25, 0.3) is 0 Å². The summed E-state index contributed by atoms with van der Waals surface area (Å²) in [5, 5.41) is 6.83. The minimum absolute atomic E-state index is 0.586. The number of benzene rings is 9. The van der Waals surface area contributed by atoms with Crippen molar-refractivity contribution < 1.29 is 4.42 Å². The number of rotatable bonds is 6. The molecule has 0 spiro atoms. The molecule has 2 heterocycles. The third-order valence-corrected chi connectivity index (χ3v) is 10.9. The molecular weight excluding hydrogens is 695 g/mol. The number of fused-ring (bicyclic) bond motifs is 5. The number of hydrogen-bond acceptors (Lipinski definition) is 4. The molecule has 266 valence electrons. The summed E-state index contributed by atoms with van der Waals surface area (Å²) in [4.78, 5) is 15.6. The minimum Gasteiger partial charge on any atom is -0.456 e. The molecule has 0 radical (unpaired) electrons. The molecule has 0 bridgehead atoms. The molecule has 0 aliphatic carbocycles. The van der Waals surface area contributed by atoms with Crippen molar-refractivity contribution in [1.29, 1.82) is 0 Å². The Labute approximate surface area is 329 Å². The van der Waals surface area contributed by atoms with E-state index in [9.17, 15) is 0 Å². The first kappa shape index (κ1) is 32.7. The molecule has 0 saturated heterocycles. The Morgan fingerprint density at radius 1 is 0.281 bits per heavy atom. The van der Waals surface area contributed by atoms with E-state index in [1.54, 1.807) is 0 Å². The van der Waals surface area contributed by atoms with E-state index in [2.05, 4.69) is 158 Å². The van der Waals surface area contributed by atoms with Crippen LogP contribution in [0.2, 0.25) is 0 Å². The number of hydrogen-bond donors (Lipinski definition) is 0. The zero-order valence-electron chi connectivity index (χ0n) is 30.8. The van der Waals surface area contributed by atoms with Crippen molar-refractivity contribution >= 4 is 43.5 Å². The molecule has 0 aliphatic heterocycles. The van der Waals surface area contributed by atoms with Crippen molar-refractivity contribution in [3.05, 3.63) is 200 Å². The van der Waals surface area contributed by atoms with Gasteiger partial charge >= 0.3 is 0 Å². The van der Waals surface area contributed by atoms with Crippen molar-refractivity contribution in [2.24, 2.45) is 0 Å². The third kappa shape index (κ3) is 5.83. The van der Waals surface area contributed by atoms with E-state index in [0.717, 1.165) is 66.4 Å². The van der Waals surface area contributed by atoms with E-state index in [1.807, 2.05) is 42.5 Å². The molecule has 0 amide bonds. The van der Waals surface area contributed by atoms with Gasteiger partial charge in [0.05, 0.1) is 0 Å². The fourth-order valence-electron chi connectivity index (χ4n) is 8.14. The number of furan rings is 1. The topological polar surface area (TPSA) is 51.8 Å². The van der Waals surface area contributed by atoms with Gasteiger partial charge < -0.3 is 4.42 Å². The van der Waals surface area contributed by atoms with Gasteiger partial charge in [0, 0.05) is 27.5 Å². The van der Waals surface area contributed by atoms with E-state index in [0.29, 0.717) is 17.5 Å². The summed E-state index contributed by atoms with van der Waals surface area (Å²) in [6.45, 7) is 0. The predicted octanol–water partition coefficient (Wildman–Crippen LogP) is 14.1. The van der Waals surface area contributed by atoms with Crippen LogP contribution in [0.25, 0.3) is 111 Å². The van der Waals surface area contributed by atoms with Crippen LogP contribution in [0.15, 0.2) is 205 Å². The predicted molar refractivity (Wildman–Crippen MR) is 235 cm³/mol. The molecule has 11 rings (SSSR count). The molecular formula is C53H33N3O. The van der Waals surface area contributed by atoms with Gasteiger partial charge in [0.2, 0.25) is 0 Å². The molecule has 0 saturated carbocycles. The Balaban J connectivity index is 1.11. The molecule has 0 unspecified atom stereocenters. The van der Waals surface area contributed by atoms with Crippen LogP contribution in [-0.2, 0) is 0 Å². The molecule has 0 fully saturated rings. The van der Waals surface area contributed by atoms with Gasteiger partial charge in [0.15, 0.2) is 17.5 Å². The standard InChI is InChI=1S/C53H33N3O/c1-3-14-36(15-4-1)46-33-41(27-29-44(46)43-22-11-20-35-16-9-10-21-42(35)43)52-54-51(37-17-5-2-6-18-37)55-53(56-52)45-23-12-24-49-50(45)47-32-40(28-30-48(47)57-49)39-26-25-34-13-7-8-19-38(34)31-39/h1-33H. The average Bonchev–Trinajstić information content (AvgIpc) is 3.67. The highest BCUT2D eigenvalue weighted by molar-refractivity contribution is 6.13. The Bertz CT molecular complexity index is 3290. The maximum atomic E-state index is 6.48. The summed E-state index contributed by atoms with van der Waals surface area (Å²) in [5.41, 5.74) is 11.1. The Kier molecular flexibility index (Phi) is 7.78. The van der Waals surface area contributed by atoms with Gasteiger partial charge in [-0.05, 0) is 85.3 Å². The Morgan fingerprint density at radius 3 is 1.74 bits per heavy atom. The zero-order valence-corrected chi connectivity index (χ0v) is 30.8. The monoisotopic (exact) mass is 727 g/mol.